The molecule has 0 saturated heterocycles. The van der Waals surface area contributed by atoms with Gasteiger partial charge in [-0.2, -0.15) is 5.10 Å². The molecule has 136 valence electrons. The second-order valence-electron chi connectivity index (χ2n) is 5.65. The van der Waals surface area contributed by atoms with E-state index < -0.39 is 0 Å². The van der Waals surface area contributed by atoms with Gasteiger partial charge in [-0.1, -0.05) is 29.8 Å². The molecule has 5 nitrogen and oxygen atoms in total. The molecule has 0 aliphatic heterocycles. The van der Waals surface area contributed by atoms with Crippen molar-refractivity contribution in [2.45, 2.75) is 6.92 Å². The van der Waals surface area contributed by atoms with Gasteiger partial charge in [-0.05, 0) is 60.3 Å². The van der Waals surface area contributed by atoms with E-state index in [1.54, 1.807) is 49.4 Å². The molecule has 0 saturated carbocycles. The maximum absolute atomic E-state index is 12.1. The van der Waals surface area contributed by atoms with Crippen molar-refractivity contribution in [1.29, 1.82) is 0 Å². The quantitative estimate of drug-likeness (QED) is 0.479. The first-order chi connectivity index (χ1) is 13.0. The third-order valence-electron chi connectivity index (χ3n) is 3.74. The molecule has 0 atom stereocenters. The van der Waals surface area contributed by atoms with Crippen LogP contribution in [-0.4, -0.2) is 17.5 Å². The predicted octanol–water partition coefficient (Wildman–Crippen LogP) is 4.81. The molecule has 7 heteroatoms. The van der Waals surface area contributed by atoms with E-state index in [-0.39, 0.29) is 11.8 Å². The number of carbonyl (C=O) groups excluding carboxylic acids is 2. The van der Waals surface area contributed by atoms with E-state index in [4.69, 9.17) is 11.6 Å². The van der Waals surface area contributed by atoms with Gasteiger partial charge in [0.1, 0.15) is 0 Å². The molecule has 0 aliphatic rings. The number of hydrogen-bond donors (Lipinski definition) is 2. The number of nitrogens with zero attached hydrogens (tertiary/aromatic N) is 1. The summed E-state index contributed by atoms with van der Waals surface area (Å²) in [6, 6.07) is 17.4. The van der Waals surface area contributed by atoms with Crippen molar-refractivity contribution in [3.63, 3.8) is 0 Å². The Balaban J connectivity index is 1.62. The molecule has 2 N–H and O–H groups in total. The fourth-order valence-corrected chi connectivity index (χ4v) is 3.01. The predicted molar refractivity (Wildman–Crippen MR) is 110 cm³/mol. The lowest BCUT2D eigenvalue weighted by atomic mass is 10.1. The van der Waals surface area contributed by atoms with Crippen LogP contribution >= 0.6 is 22.9 Å². The van der Waals surface area contributed by atoms with Gasteiger partial charge >= 0.3 is 0 Å². The summed E-state index contributed by atoms with van der Waals surface area (Å²) in [5, 5.41) is 9.39. The Bertz CT molecular complexity index is 965. The van der Waals surface area contributed by atoms with Crippen LogP contribution in [0.5, 0.6) is 0 Å². The number of amides is 2. The monoisotopic (exact) mass is 397 g/mol. The van der Waals surface area contributed by atoms with Crippen LogP contribution < -0.4 is 10.7 Å². The summed E-state index contributed by atoms with van der Waals surface area (Å²) >= 11 is 7.20. The number of thiophene rings is 1. The van der Waals surface area contributed by atoms with Crippen LogP contribution in [0.3, 0.4) is 0 Å². The summed E-state index contributed by atoms with van der Waals surface area (Å²) in [6.45, 7) is 1.79. The second kappa shape index (κ2) is 8.62. The molecule has 0 fully saturated rings. The van der Waals surface area contributed by atoms with Crippen LogP contribution in [0, 0.1) is 0 Å². The second-order valence-corrected chi connectivity index (χ2v) is 7.04. The lowest BCUT2D eigenvalue weighted by Gasteiger charge is -2.06. The summed E-state index contributed by atoms with van der Waals surface area (Å²) in [5.74, 6) is -0.454. The number of hydrogen-bond acceptors (Lipinski definition) is 4. The normalized spacial score (nSPS) is 11.1. The van der Waals surface area contributed by atoms with Crippen LogP contribution in [0.2, 0.25) is 5.02 Å². The maximum atomic E-state index is 12.1. The maximum Gasteiger partial charge on any atom is 0.271 e. The van der Waals surface area contributed by atoms with Gasteiger partial charge in [0.15, 0.2) is 0 Å². The standard InChI is InChI=1S/C20H16ClN3O2S/c1-13(23-24-19(25)15-4-8-16(21)9-5-15)14-6-10-17(11-7-14)22-20(26)18-3-2-12-27-18/h2-12H,1H3,(H,22,26)(H,24,25). The number of anilines is 1. The zero-order valence-electron chi connectivity index (χ0n) is 14.4. The molecule has 0 bridgehead atoms. The van der Waals surface area contributed by atoms with Crippen molar-refractivity contribution < 1.29 is 9.59 Å². The summed E-state index contributed by atoms with van der Waals surface area (Å²) in [6.07, 6.45) is 0. The molecule has 3 aromatic rings. The Hall–Kier alpha value is -2.96. The summed E-state index contributed by atoms with van der Waals surface area (Å²) in [7, 11) is 0. The number of halogens is 1. The molecule has 0 aliphatic carbocycles. The van der Waals surface area contributed by atoms with E-state index in [0.717, 1.165) is 5.56 Å². The SMILES string of the molecule is CC(=NNC(=O)c1ccc(Cl)cc1)c1ccc(NC(=O)c2cccs2)cc1. The highest BCUT2D eigenvalue weighted by Crippen LogP contribution is 2.15. The first-order valence-corrected chi connectivity index (χ1v) is 9.34. The van der Waals surface area contributed by atoms with Gasteiger partial charge < -0.3 is 5.32 Å². The molecular weight excluding hydrogens is 382 g/mol. The lowest BCUT2D eigenvalue weighted by Crippen LogP contribution is -2.19. The van der Waals surface area contributed by atoms with Crippen molar-refractivity contribution in [2.24, 2.45) is 5.10 Å². The van der Waals surface area contributed by atoms with Crippen LogP contribution in [-0.2, 0) is 0 Å². The summed E-state index contributed by atoms with van der Waals surface area (Å²) in [5.41, 5.74) is 5.16. The molecule has 27 heavy (non-hydrogen) atoms. The van der Waals surface area contributed by atoms with Gasteiger partial charge in [0.2, 0.25) is 0 Å². The highest BCUT2D eigenvalue weighted by atomic mass is 35.5. The molecule has 2 amide bonds. The highest BCUT2D eigenvalue weighted by molar-refractivity contribution is 7.12. The molecule has 0 unspecified atom stereocenters. The van der Waals surface area contributed by atoms with E-state index in [0.29, 0.717) is 26.9 Å². The lowest BCUT2D eigenvalue weighted by molar-refractivity contribution is 0.0954. The highest BCUT2D eigenvalue weighted by Gasteiger charge is 2.08. The Morgan fingerprint density at radius 2 is 1.59 bits per heavy atom. The fourth-order valence-electron chi connectivity index (χ4n) is 2.26. The van der Waals surface area contributed by atoms with Gasteiger partial charge in [0.25, 0.3) is 11.8 Å². The molecule has 2 aromatic carbocycles. The molecule has 0 radical (unpaired) electrons. The van der Waals surface area contributed by atoms with Gasteiger partial charge in [0, 0.05) is 16.3 Å². The third kappa shape index (κ3) is 5.03. The molecule has 0 spiro atoms. The zero-order valence-corrected chi connectivity index (χ0v) is 16.0. The van der Waals surface area contributed by atoms with Crippen LogP contribution in [0.4, 0.5) is 5.69 Å². The first-order valence-electron chi connectivity index (χ1n) is 8.08. The minimum Gasteiger partial charge on any atom is -0.321 e. The molecule has 1 aromatic heterocycles. The van der Waals surface area contributed by atoms with Crippen LogP contribution in [0.1, 0.15) is 32.5 Å². The average Bonchev–Trinajstić information content (AvgIpc) is 3.22. The van der Waals surface area contributed by atoms with E-state index in [2.05, 4.69) is 15.8 Å². The number of benzene rings is 2. The Kier molecular flexibility index (Phi) is 6.01. The minimum atomic E-state index is -0.314. The summed E-state index contributed by atoms with van der Waals surface area (Å²) in [4.78, 5) is 24.8. The first kappa shape index (κ1) is 18.8. The minimum absolute atomic E-state index is 0.140. The number of carbonyl (C=O) groups is 2. The Labute approximate surface area is 165 Å². The van der Waals surface area contributed by atoms with Gasteiger partial charge in [-0.25, -0.2) is 5.43 Å². The van der Waals surface area contributed by atoms with Crippen molar-refractivity contribution >= 4 is 46.2 Å². The zero-order chi connectivity index (χ0) is 19.2. The topological polar surface area (TPSA) is 70.6 Å². The average molecular weight is 398 g/mol. The van der Waals surface area contributed by atoms with Crippen molar-refractivity contribution in [3.05, 3.63) is 87.1 Å². The number of rotatable bonds is 5. The number of nitrogens with one attached hydrogen (secondary N) is 2. The number of hydrazone groups is 1. The smallest absolute Gasteiger partial charge is 0.271 e. The third-order valence-corrected chi connectivity index (χ3v) is 4.86. The Morgan fingerprint density at radius 3 is 2.22 bits per heavy atom. The van der Waals surface area contributed by atoms with Crippen molar-refractivity contribution in [1.82, 2.24) is 5.43 Å². The fraction of sp³-hybridized carbons (Fsp3) is 0.0500. The van der Waals surface area contributed by atoms with Crippen molar-refractivity contribution in [3.8, 4) is 0 Å². The van der Waals surface area contributed by atoms with Gasteiger partial charge in [0.05, 0.1) is 10.6 Å². The largest absolute Gasteiger partial charge is 0.321 e. The molecular formula is C20H16ClN3O2S. The van der Waals surface area contributed by atoms with Gasteiger partial charge in [-0.3, -0.25) is 9.59 Å². The van der Waals surface area contributed by atoms with Gasteiger partial charge in [-0.15, -0.1) is 11.3 Å². The molecule has 3 rings (SSSR count). The Morgan fingerprint density at radius 1 is 0.926 bits per heavy atom. The van der Waals surface area contributed by atoms with E-state index in [1.807, 2.05) is 23.6 Å². The van der Waals surface area contributed by atoms with E-state index in [9.17, 15) is 9.59 Å². The van der Waals surface area contributed by atoms with Crippen molar-refractivity contribution in [2.75, 3.05) is 5.32 Å². The van der Waals surface area contributed by atoms with Crippen LogP contribution in [0.15, 0.2) is 71.1 Å². The van der Waals surface area contributed by atoms with E-state index >= 15 is 0 Å². The summed E-state index contributed by atoms with van der Waals surface area (Å²) < 4.78 is 0. The van der Waals surface area contributed by atoms with Crippen LogP contribution in [0.25, 0.3) is 0 Å². The van der Waals surface area contributed by atoms with E-state index in [1.165, 1.54) is 11.3 Å². The molecule has 1 heterocycles.